The first-order valence-electron chi connectivity index (χ1n) is 6.23. The number of fused-ring (bicyclic) bond motifs is 2. The van der Waals surface area contributed by atoms with E-state index in [9.17, 15) is 0 Å². The van der Waals surface area contributed by atoms with E-state index < -0.39 is 0 Å². The topological polar surface area (TPSA) is 21.3 Å². The van der Waals surface area contributed by atoms with E-state index >= 15 is 0 Å². The second-order valence-electron chi connectivity index (χ2n) is 5.22. The van der Waals surface area contributed by atoms with E-state index in [0.29, 0.717) is 11.5 Å². The molecule has 3 fully saturated rings. The Bertz CT molecular complexity index is 222. The van der Waals surface area contributed by atoms with Gasteiger partial charge in [0.25, 0.3) is 0 Å². The molecule has 2 aliphatic carbocycles. The Morgan fingerprint density at radius 1 is 1.36 bits per heavy atom. The molecule has 3 atom stereocenters. The molecule has 2 nitrogen and oxygen atoms in total. The van der Waals surface area contributed by atoms with Gasteiger partial charge in [0, 0.05) is 24.0 Å². The average Bonchev–Trinajstić information content (AvgIpc) is 2.82. The standard InChI is InChI=1S/C12H21NO/c1-2-13-10-9-5-8-14-11(9)12(10)6-3-4-7-12/h9-11,13H,2-8H2,1H3/t9-,10?,11-/m1/s1. The van der Waals surface area contributed by atoms with Crippen molar-refractivity contribution in [1.29, 1.82) is 0 Å². The van der Waals surface area contributed by atoms with Crippen LogP contribution < -0.4 is 5.32 Å². The maximum atomic E-state index is 5.93. The van der Waals surface area contributed by atoms with Crippen LogP contribution in [-0.4, -0.2) is 25.3 Å². The molecule has 1 saturated heterocycles. The molecule has 14 heavy (non-hydrogen) atoms. The van der Waals surface area contributed by atoms with E-state index in [1.807, 2.05) is 0 Å². The third-order valence-electron chi connectivity index (χ3n) is 4.71. The summed E-state index contributed by atoms with van der Waals surface area (Å²) in [6.07, 6.45) is 7.58. The lowest BCUT2D eigenvalue weighted by molar-refractivity contribution is -0.129. The van der Waals surface area contributed by atoms with E-state index in [-0.39, 0.29) is 0 Å². The van der Waals surface area contributed by atoms with E-state index in [2.05, 4.69) is 12.2 Å². The zero-order valence-corrected chi connectivity index (χ0v) is 9.09. The van der Waals surface area contributed by atoms with Crippen molar-refractivity contribution >= 4 is 0 Å². The predicted octanol–water partition coefficient (Wildman–Crippen LogP) is 1.94. The van der Waals surface area contributed by atoms with Gasteiger partial charge in [0.1, 0.15) is 0 Å². The molecule has 1 aliphatic heterocycles. The van der Waals surface area contributed by atoms with Crippen LogP contribution >= 0.6 is 0 Å². The Labute approximate surface area is 86.4 Å². The molecule has 3 rings (SSSR count). The molecule has 0 amide bonds. The van der Waals surface area contributed by atoms with Gasteiger partial charge >= 0.3 is 0 Å². The number of hydrogen-bond acceptors (Lipinski definition) is 2. The molecule has 0 bridgehead atoms. The third-order valence-corrected chi connectivity index (χ3v) is 4.71. The van der Waals surface area contributed by atoms with E-state index in [1.165, 1.54) is 32.1 Å². The monoisotopic (exact) mass is 195 g/mol. The van der Waals surface area contributed by atoms with Gasteiger partial charge in [0.15, 0.2) is 0 Å². The molecule has 1 unspecified atom stereocenters. The number of nitrogens with one attached hydrogen (secondary N) is 1. The predicted molar refractivity (Wildman–Crippen MR) is 56.2 cm³/mol. The van der Waals surface area contributed by atoms with Crippen LogP contribution in [0.25, 0.3) is 0 Å². The van der Waals surface area contributed by atoms with Crippen LogP contribution in [0, 0.1) is 11.3 Å². The maximum Gasteiger partial charge on any atom is 0.0690 e. The normalized spacial score (nSPS) is 43.9. The molecule has 2 saturated carbocycles. The van der Waals surface area contributed by atoms with Crippen LogP contribution in [0.1, 0.15) is 39.0 Å². The first-order valence-corrected chi connectivity index (χ1v) is 6.23. The van der Waals surface area contributed by atoms with Crippen molar-refractivity contribution < 1.29 is 4.74 Å². The molecule has 0 radical (unpaired) electrons. The van der Waals surface area contributed by atoms with Gasteiger partial charge in [-0.25, -0.2) is 0 Å². The van der Waals surface area contributed by atoms with Crippen LogP contribution in [-0.2, 0) is 4.74 Å². The van der Waals surface area contributed by atoms with Gasteiger partial charge < -0.3 is 10.1 Å². The fraction of sp³-hybridized carbons (Fsp3) is 1.00. The zero-order chi connectivity index (χ0) is 9.60. The summed E-state index contributed by atoms with van der Waals surface area (Å²) in [5, 5.41) is 3.71. The minimum absolute atomic E-state index is 0.553. The van der Waals surface area contributed by atoms with Gasteiger partial charge in [-0.15, -0.1) is 0 Å². The highest BCUT2D eigenvalue weighted by Gasteiger charge is 2.64. The summed E-state index contributed by atoms with van der Waals surface area (Å²) in [5.41, 5.74) is 0.553. The molecule has 0 aromatic rings. The van der Waals surface area contributed by atoms with Gasteiger partial charge in [-0.1, -0.05) is 19.8 Å². The lowest BCUT2D eigenvalue weighted by atomic mass is 9.54. The molecule has 0 aromatic carbocycles. The first kappa shape index (κ1) is 9.17. The molecule has 2 heteroatoms. The minimum Gasteiger partial charge on any atom is -0.377 e. The molecule has 1 spiro atoms. The SMILES string of the molecule is CCNC1[C@H]2CCO[C@H]2C12CCCC2. The third kappa shape index (κ3) is 0.989. The van der Waals surface area contributed by atoms with Gasteiger partial charge in [-0.05, 0) is 25.8 Å². The number of rotatable bonds is 2. The smallest absolute Gasteiger partial charge is 0.0690 e. The van der Waals surface area contributed by atoms with Crippen molar-refractivity contribution in [3.8, 4) is 0 Å². The zero-order valence-electron chi connectivity index (χ0n) is 9.09. The van der Waals surface area contributed by atoms with Crippen molar-refractivity contribution in [2.75, 3.05) is 13.2 Å². The van der Waals surface area contributed by atoms with Gasteiger partial charge in [-0.3, -0.25) is 0 Å². The number of ether oxygens (including phenoxy) is 1. The summed E-state index contributed by atoms with van der Waals surface area (Å²) >= 11 is 0. The fourth-order valence-electron chi connectivity index (χ4n) is 4.23. The summed E-state index contributed by atoms with van der Waals surface area (Å²) in [5.74, 6) is 0.841. The van der Waals surface area contributed by atoms with E-state index in [0.717, 1.165) is 25.1 Å². The van der Waals surface area contributed by atoms with Crippen molar-refractivity contribution in [3.05, 3.63) is 0 Å². The molecule has 80 valence electrons. The highest BCUT2D eigenvalue weighted by molar-refractivity contribution is 5.16. The maximum absolute atomic E-state index is 5.93. The number of hydrogen-bond donors (Lipinski definition) is 1. The second-order valence-corrected chi connectivity index (χ2v) is 5.22. The van der Waals surface area contributed by atoms with Crippen molar-refractivity contribution in [3.63, 3.8) is 0 Å². The average molecular weight is 195 g/mol. The molecule has 3 aliphatic rings. The van der Waals surface area contributed by atoms with Crippen LogP contribution in [0.4, 0.5) is 0 Å². The van der Waals surface area contributed by atoms with Crippen LogP contribution in [0.2, 0.25) is 0 Å². The van der Waals surface area contributed by atoms with Gasteiger partial charge in [-0.2, -0.15) is 0 Å². The summed E-state index contributed by atoms with van der Waals surface area (Å²) in [6, 6.07) is 0.780. The Hall–Kier alpha value is -0.0800. The Morgan fingerprint density at radius 3 is 2.86 bits per heavy atom. The quantitative estimate of drug-likeness (QED) is 0.727. The molecule has 1 heterocycles. The second kappa shape index (κ2) is 3.21. The largest absolute Gasteiger partial charge is 0.377 e. The van der Waals surface area contributed by atoms with Crippen molar-refractivity contribution in [2.45, 2.75) is 51.2 Å². The summed E-state index contributed by atoms with van der Waals surface area (Å²) < 4.78 is 5.93. The van der Waals surface area contributed by atoms with Crippen LogP contribution in [0.15, 0.2) is 0 Å². The highest BCUT2D eigenvalue weighted by Crippen LogP contribution is 2.60. The Kier molecular flexibility index (Phi) is 2.10. The van der Waals surface area contributed by atoms with E-state index in [4.69, 9.17) is 4.74 Å². The van der Waals surface area contributed by atoms with Gasteiger partial charge in [0.05, 0.1) is 6.10 Å². The van der Waals surface area contributed by atoms with Crippen molar-refractivity contribution in [1.82, 2.24) is 5.32 Å². The molecule has 0 aromatic heterocycles. The molecule has 1 N–H and O–H groups in total. The van der Waals surface area contributed by atoms with Gasteiger partial charge in [0.2, 0.25) is 0 Å². The molecular weight excluding hydrogens is 174 g/mol. The fourth-order valence-corrected chi connectivity index (χ4v) is 4.23. The Morgan fingerprint density at radius 2 is 2.14 bits per heavy atom. The van der Waals surface area contributed by atoms with Crippen LogP contribution in [0.5, 0.6) is 0 Å². The first-order chi connectivity index (χ1) is 6.88. The highest BCUT2D eigenvalue weighted by atomic mass is 16.5. The molecular formula is C12H21NO. The minimum atomic E-state index is 0.553. The summed E-state index contributed by atoms with van der Waals surface area (Å²) in [4.78, 5) is 0. The van der Waals surface area contributed by atoms with Crippen molar-refractivity contribution in [2.24, 2.45) is 11.3 Å². The lowest BCUT2D eigenvalue weighted by Crippen LogP contribution is -2.67. The summed E-state index contributed by atoms with van der Waals surface area (Å²) in [6.45, 7) is 4.36. The van der Waals surface area contributed by atoms with Crippen LogP contribution in [0.3, 0.4) is 0 Å². The van der Waals surface area contributed by atoms with E-state index in [1.54, 1.807) is 0 Å². The Balaban J connectivity index is 1.80. The lowest BCUT2D eigenvalue weighted by Gasteiger charge is -2.57. The summed E-state index contributed by atoms with van der Waals surface area (Å²) in [7, 11) is 0.